The summed E-state index contributed by atoms with van der Waals surface area (Å²) in [5, 5.41) is 4.24. The summed E-state index contributed by atoms with van der Waals surface area (Å²) in [4.78, 5) is 12.4. The van der Waals surface area contributed by atoms with Crippen molar-refractivity contribution in [2.45, 2.75) is 17.1 Å². The van der Waals surface area contributed by atoms with E-state index in [1.165, 1.54) is 42.7 Å². The maximum absolute atomic E-state index is 13.2. The number of nitrogens with one attached hydrogen (secondary N) is 2. The molecule has 0 heterocycles. The van der Waals surface area contributed by atoms with E-state index in [9.17, 15) is 22.2 Å². The van der Waals surface area contributed by atoms with Crippen LogP contribution in [0.3, 0.4) is 0 Å². The highest BCUT2D eigenvalue weighted by molar-refractivity contribution is 7.84. The lowest BCUT2D eigenvalue weighted by atomic mass is 10.1. The summed E-state index contributed by atoms with van der Waals surface area (Å²) < 4.78 is 51.0. The molecule has 2 N–H and O–H groups in total. The Balaban J connectivity index is 2.14. The zero-order chi connectivity index (χ0) is 17.7. The van der Waals surface area contributed by atoms with Crippen LogP contribution in [-0.4, -0.2) is 22.7 Å². The highest BCUT2D eigenvalue weighted by Gasteiger charge is 2.41. The second kappa shape index (κ2) is 7.48. The van der Waals surface area contributed by atoms with E-state index in [1.807, 2.05) is 5.32 Å². The number of alkyl halides is 3. The fraction of sp³-hybridized carbons (Fsp3) is 0.188. The van der Waals surface area contributed by atoms with Gasteiger partial charge < -0.3 is 10.6 Å². The van der Waals surface area contributed by atoms with E-state index in [2.05, 4.69) is 5.32 Å². The van der Waals surface area contributed by atoms with Crippen molar-refractivity contribution in [2.24, 2.45) is 0 Å². The molecule has 2 aromatic rings. The summed E-state index contributed by atoms with van der Waals surface area (Å²) in [6.07, 6.45) is -3.17. The Kier molecular flexibility index (Phi) is 5.61. The smallest absolute Gasteiger partial charge is 0.322 e. The largest absolute Gasteiger partial charge is 0.412 e. The van der Waals surface area contributed by atoms with E-state index in [0.717, 1.165) is 0 Å². The molecule has 0 saturated carbocycles. The zero-order valence-electron chi connectivity index (χ0n) is 12.6. The Morgan fingerprint density at radius 3 is 2.33 bits per heavy atom. The van der Waals surface area contributed by atoms with Gasteiger partial charge in [-0.05, 0) is 23.8 Å². The number of carbonyl (C=O) groups excluding carboxylic acids is 1. The minimum atomic E-state index is -4.63. The van der Waals surface area contributed by atoms with Gasteiger partial charge in [0.05, 0.1) is 0 Å². The Labute approximate surface area is 139 Å². The van der Waals surface area contributed by atoms with Gasteiger partial charge in [0.25, 0.3) is 0 Å². The molecule has 0 aliphatic carbocycles. The average Bonchev–Trinajstić information content (AvgIpc) is 2.52. The van der Waals surface area contributed by atoms with Gasteiger partial charge in [-0.3, -0.25) is 4.21 Å². The van der Waals surface area contributed by atoms with Crippen LogP contribution in [0.4, 0.5) is 23.7 Å². The summed E-state index contributed by atoms with van der Waals surface area (Å²) in [5.41, 5.74) is 0.192. The first-order valence-electron chi connectivity index (χ1n) is 6.90. The SMILES string of the molecule is C[S@](=O)c1cccc(NC(=O)N[C@H](c2ccccc2)C(F)(F)F)c1. The molecule has 0 bridgehead atoms. The lowest BCUT2D eigenvalue weighted by Crippen LogP contribution is -2.40. The molecule has 0 unspecified atom stereocenters. The van der Waals surface area contributed by atoms with Crippen LogP contribution in [0.15, 0.2) is 59.5 Å². The molecule has 4 nitrogen and oxygen atoms in total. The first kappa shape index (κ1) is 18.0. The molecular formula is C16H15F3N2O2S. The Morgan fingerprint density at radius 2 is 1.75 bits per heavy atom. The van der Waals surface area contributed by atoms with Gasteiger partial charge in [-0.15, -0.1) is 0 Å². The summed E-state index contributed by atoms with van der Waals surface area (Å²) in [7, 11) is -1.26. The minimum absolute atomic E-state index is 0.0661. The molecule has 2 rings (SSSR count). The molecule has 0 aromatic heterocycles. The highest BCUT2D eigenvalue weighted by Crippen LogP contribution is 2.32. The molecule has 0 aliphatic rings. The van der Waals surface area contributed by atoms with E-state index in [0.29, 0.717) is 4.90 Å². The number of halogens is 3. The number of amides is 2. The van der Waals surface area contributed by atoms with Crippen molar-refractivity contribution in [2.75, 3.05) is 11.6 Å². The molecular weight excluding hydrogens is 341 g/mol. The standard InChI is InChI=1S/C16H15F3N2O2S/c1-24(23)13-9-5-8-12(10-13)20-15(22)21-14(16(17,18)19)11-6-3-2-4-7-11/h2-10,14H,1H3,(H2,20,21,22)/t14-,24+/m1/s1. The number of anilines is 1. The van der Waals surface area contributed by atoms with Crippen molar-refractivity contribution in [3.05, 3.63) is 60.2 Å². The molecule has 24 heavy (non-hydrogen) atoms. The second-order valence-electron chi connectivity index (χ2n) is 4.97. The highest BCUT2D eigenvalue weighted by atomic mass is 32.2. The van der Waals surface area contributed by atoms with Crippen LogP contribution in [0.2, 0.25) is 0 Å². The van der Waals surface area contributed by atoms with Gasteiger partial charge in [-0.1, -0.05) is 36.4 Å². The van der Waals surface area contributed by atoms with Gasteiger partial charge in [-0.25, -0.2) is 4.79 Å². The van der Waals surface area contributed by atoms with E-state index in [4.69, 9.17) is 0 Å². The summed E-state index contributed by atoms with van der Waals surface area (Å²) >= 11 is 0. The molecule has 0 spiro atoms. The number of rotatable bonds is 4. The van der Waals surface area contributed by atoms with E-state index in [-0.39, 0.29) is 11.3 Å². The summed E-state index contributed by atoms with van der Waals surface area (Å²) in [5.74, 6) is 0. The van der Waals surface area contributed by atoms with Crippen LogP contribution in [0.1, 0.15) is 11.6 Å². The molecule has 0 radical (unpaired) electrons. The predicted molar refractivity (Wildman–Crippen MR) is 86.2 cm³/mol. The van der Waals surface area contributed by atoms with Crippen LogP contribution in [-0.2, 0) is 10.8 Å². The van der Waals surface area contributed by atoms with Crippen LogP contribution in [0.5, 0.6) is 0 Å². The van der Waals surface area contributed by atoms with Crippen LogP contribution in [0, 0.1) is 0 Å². The third-order valence-electron chi connectivity index (χ3n) is 3.16. The van der Waals surface area contributed by atoms with Crippen molar-refractivity contribution >= 4 is 22.5 Å². The Bertz CT molecular complexity index is 736. The molecule has 2 amide bonds. The Hall–Kier alpha value is -2.35. The van der Waals surface area contributed by atoms with Crippen LogP contribution < -0.4 is 10.6 Å². The normalized spacial score (nSPS) is 13.8. The monoisotopic (exact) mass is 356 g/mol. The van der Waals surface area contributed by atoms with Gasteiger partial charge in [0, 0.05) is 27.6 Å². The van der Waals surface area contributed by atoms with Gasteiger partial charge in [-0.2, -0.15) is 13.2 Å². The van der Waals surface area contributed by atoms with Crippen molar-refractivity contribution in [1.29, 1.82) is 0 Å². The summed E-state index contributed by atoms with van der Waals surface area (Å²) in [6.45, 7) is 0. The number of carbonyl (C=O) groups is 1. The molecule has 0 saturated heterocycles. The topological polar surface area (TPSA) is 58.2 Å². The summed E-state index contributed by atoms with van der Waals surface area (Å²) in [6, 6.07) is 10.1. The fourth-order valence-corrected chi connectivity index (χ4v) is 2.61. The quantitative estimate of drug-likeness (QED) is 0.874. The minimum Gasteiger partial charge on any atom is -0.322 e. The second-order valence-corrected chi connectivity index (χ2v) is 6.35. The van der Waals surface area contributed by atoms with Crippen LogP contribution >= 0.6 is 0 Å². The van der Waals surface area contributed by atoms with E-state index < -0.39 is 29.0 Å². The lowest BCUT2D eigenvalue weighted by molar-refractivity contribution is -0.154. The number of urea groups is 1. The molecule has 2 atom stereocenters. The lowest BCUT2D eigenvalue weighted by Gasteiger charge is -2.22. The van der Waals surface area contributed by atoms with E-state index >= 15 is 0 Å². The predicted octanol–water partition coefficient (Wildman–Crippen LogP) is 3.85. The molecule has 128 valence electrons. The molecule has 8 heteroatoms. The van der Waals surface area contributed by atoms with Crippen molar-refractivity contribution in [3.8, 4) is 0 Å². The van der Waals surface area contributed by atoms with Gasteiger partial charge in [0.15, 0.2) is 6.04 Å². The molecule has 2 aromatic carbocycles. The molecule has 0 fully saturated rings. The number of benzene rings is 2. The Morgan fingerprint density at radius 1 is 1.08 bits per heavy atom. The number of hydrogen-bond donors (Lipinski definition) is 2. The maximum Gasteiger partial charge on any atom is 0.412 e. The van der Waals surface area contributed by atoms with Gasteiger partial charge in [0.1, 0.15) is 0 Å². The van der Waals surface area contributed by atoms with E-state index in [1.54, 1.807) is 18.2 Å². The third kappa shape index (κ3) is 4.82. The van der Waals surface area contributed by atoms with Crippen molar-refractivity contribution < 1.29 is 22.2 Å². The maximum atomic E-state index is 13.2. The van der Waals surface area contributed by atoms with Crippen LogP contribution in [0.25, 0.3) is 0 Å². The van der Waals surface area contributed by atoms with Crippen molar-refractivity contribution in [1.82, 2.24) is 5.32 Å². The van der Waals surface area contributed by atoms with Gasteiger partial charge in [0.2, 0.25) is 0 Å². The number of hydrogen-bond acceptors (Lipinski definition) is 2. The fourth-order valence-electron chi connectivity index (χ4n) is 2.05. The average molecular weight is 356 g/mol. The first-order chi connectivity index (χ1) is 11.3. The third-order valence-corrected chi connectivity index (χ3v) is 4.08. The zero-order valence-corrected chi connectivity index (χ0v) is 13.4. The first-order valence-corrected chi connectivity index (χ1v) is 8.46. The van der Waals surface area contributed by atoms with Crippen molar-refractivity contribution in [3.63, 3.8) is 0 Å². The molecule has 0 aliphatic heterocycles. The van der Waals surface area contributed by atoms with Gasteiger partial charge >= 0.3 is 12.2 Å².